The number of anilines is 4. The number of methoxy groups -OCH3 is 1. The summed E-state index contributed by atoms with van der Waals surface area (Å²) in [4.78, 5) is 27.6. The van der Waals surface area contributed by atoms with Gasteiger partial charge >= 0.3 is 0 Å². The number of nitrogens with zero attached hydrogens (tertiary/aromatic N) is 5. The number of para-hydroxylation sites is 1. The first kappa shape index (κ1) is 27.5. The lowest BCUT2D eigenvalue weighted by Crippen LogP contribution is -2.44. The van der Waals surface area contributed by atoms with Crippen molar-refractivity contribution in [2.24, 2.45) is 0 Å². The number of benzene rings is 2. The molecule has 9 heteroatoms. The smallest absolute Gasteiger partial charge is 0.257 e. The Bertz CT molecular complexity index is 1730. The lowest BCUT2D eigenvalue weighted by Gasteiger charge is -2.34. The zero-order valence-corrected chi connectivity index (χ0v) is 24.6. The van der Waals surface area contributed by atoms with Crippen LogP contribution < -0.4 is 20.3 Å². The molecule has 0 aliphatic carbocycles. The molecule has 5 aromatic rings. The zero-order chi connectivity index (χ0) is 29.2. The number of aryl methyl sites for hydroxylation is 2. The first-order valence-corrected chi connectivity index (χ1v) is 14.6. The number of aromatic nitrogens is 3. The maximum Gasteiger partial charge on any atom is 0.257 e. The fraction of sp³-hybridized carbons (Fsp3) is 0.303. The molecular weight excluding hydrogens is 526 g/mol. The van der Waals surface area contributed by atoms with Crippen LogP contribution in [0.25, 0.3) is 16.6 Å². The Morgan fingerprint density at radius 2 is 1.74 bits per heavy atom. The van der Waals surface area contributed by atoms with Crippen molar-refractivity contribution in [1.29, 1.82) is 0 Å². The Morgan fingerprint density at radius 3 is 2.45 bits per heavy atom. The predicted octanol–water partition coefficient (Wildman–Crippen LogP) is 5.76. The average molecular weight is 564 g/mol. The number of likely N-dealkylation sites (N-methyl/N-ethyl adjacent to an activating group) is 1. The van der Waals surface area contributed by atoms with Gasteiger partial charge in [0.05, 0.1) is 23.9 Å². The lowest BCUT2D eigenvalue weighted by molar-refractivity contribution is 0.102. The monoisotopic (exact) mass is 563 g/mol. The second kappa shape index (κ2) is 11.7. The number of fused-ring (bicyclic) bond motifs is 3. The van der Waals surface area contributed by atoms with E-state index >= 15 is 0 Å². The molecule has 2 N–H and O–H groups in total. The molecule has 1 aliphatic rings. The minimum atomic E-state index is -0.134. The van der Waals surface area contributed by atoms with Gasteiger partial charge in [0.25, 0.3) is 5.91 Å². The van der Waals surface area contributed by atoms with Crippen molar-refractivity contribution in [2.75, 3.05) is 55.9 Å². The molecule has 6 rings (SSSR count). The van der Waals surface area contributed by atoms with E-state index in [1.165, 1.54) is 0 Å². The van der Waals surface area contributed by atoms with E-state index in [0.717, 1.165) is 83.9 Å². The van der Waals surface area contributed by atoms with Crippen molar-refractivity contribution in [1.82, 2.24) is 19.3 Å². The van der Waals surface area contributed by atoms with Gasteiger partial charge in [0, 0.05) is 61.4 Å². The van der Waals surface area contributed by atoms with Crippen molar-refractivity contribution in [3.8, 4) is 5.75 Å². The highest BCUT2D eigenvalue weighted by Crippen LogP contribution is 2.32. The molecule has 0 atom stereocenters. The van der Waals surface area contributed by atoms with Gasteiger partial charge in [-0.2, -0.15) is 4.98 Å². The van der Waals surface area contributed by atoms with Crippen LogP contribution in [0.4, 0.5) is 23.0 Å². The number of ether oxygens (including phenoxy) is 1. The number of pyridine rings is 1. The molecule has 0 bridgehead atoms. The van der Waals surface area contributed by atoms with E-state index in [4.69, 9.17) is 9.72 Å². The van der Waals surface area contributed by atoms with Crippen LogP contribution in [0.2, 0.25) is 0 Å². The summed E-state index contributed by atoms with van der Waals surface area (Å²) in [6, 6.07) is 18.1. The van der Waals surface area contributed by atoms with Crippen LogP contribution in [0.3, 0.4) is 0 Å². The predicted molar refractivity (Wildman–Crippen MR) is 170 cm³/mol. The molecule has 4 heterocycles. The van der Waals surface area contributed by atoms with Gasteiger partial charge in [-0.3, -0.25) is 4.79 Å². The van der Waals surface area contributed by atoms with Gasteiger partial charge < -0.3 is 29.6 Å². The van der Waals surface area contributed by atoms with E-state index in [1.54, 1.807) is 13.3 Å². The first-order chi connectivity index (χ1) is 20.5. The summed E-state index contributed by atoms with van der Waals surface area (Å²) >= 11 is 0. The zero-order valence-electron chi connectivity index (χ0n) is 24.6. The van der Waals surface area contributed by atoms with Gasteiger partial charge in [-0.05, 0) is 61.3 Å². The van der Waals surface area contributed by atoms with Crippen molar-refractivity contribution in [2.45, 2.75) is 26.7 Å². The maximum atomic E-state index is 13.5. The van der Waals surface area contributed by atoms with Crippen LogP contribution in [-0.4, -0.2) is 65.5 Å². The third-order valence-electron chi connectivity index (χ3n) is 8.15. The molecule has 3 aromatic heterocycles. The summed E-state index contributed by atoms with van der Waals surface area (Å²) in [5.41, 5.74) is 7.19. The molecule has 0 unspecified atom stereocenters. The van der Waals surface area contributed by atoms with Gasteiger partial charge in [-0.15, -0.1) is 0 Å². The minimum Gasteiger partial charge on any atom is -0.494 e. The number of hydrogen-bond acceptors (Lipinski definition) is 7. The Hall–Kier alpha value is -4.63. The molecule has 1 amide bonds. The molecule has 0 radical (unpaired) electrons. The Kier molecular flexibility index (Phi) is 7.67. The van der Waals surface area contributed by atoms with E-state index in [0.29, 0.717) is 17.2 Å². The van der Waals surface area contributed by atoms with Crippen LogP contribution >= 0.6 is 0 Å². The molecule has 9 nitrogen and oxygen atoms in total. The number of amides is 1. The second-order valence-corrected chi connectivity index (χ2v) is 10.7. The highest BCUT2D eigenvalue weighted by Gasteiger charge is 2.18. The van der Waals surface area contributed by atoms with E-state index in [1.807, 2.05) is 34.9 Å². The second-order valence-electron chi connectivity index (χ2n) is 10.7. The van der Waals surface area contributed by atoms with E-state index in [2.05, 4.69) is 76.6 Å². The van der Waals surface area contributed by atoms with Crippen molar-refractivity contribution in [3.05, 3.63) is 83.7 Å². The molecular formula is C33H37N7O2. The number of hydrogen-bond donors (Lipinski definition) is 2. The van der Waals surface area contributed by atoms with Crippen molar-refractivity contribution in [3.63, 3.8) is 0 Å². The van der Waals surface area contributed by atoms with E-state index in [-0.39, 0.29) is 5.91 Å². The molecule has 2 aromatic carbocycles. The number of nitrogens with one attached hydrogen (secondary N) is 2. The molecule has 0 spiro atoms. The third-order valence-corrected chi connectivity index (χ3v) is 8.15. The van der Waals surface area contributed by atoms with Gasteiger partial charge in [-0.25, -0.2) is 4.98 Å². The van der Waals surface area contributed by atoms with Gasteiger partial charge in [0.2, 0.25) is 5.95 Å². The highest BCUT2D eigenvalue weighted by atomic mass is 16.5. The SMILES string of the molecule is CCc1cccc(CC)c1NC(=O)c1ccn2c1ccc1cnc(Nc3ccc(N4CCN(C)CC4)cc3OC)nc12. The molecule has 1 fully saturated rings. The average Bonchev–Trinajstić information content (AvgIpc) is 3.47. The summed E-state index contributed by atoms with van der Waals surface area (Å²) in [6.45, 7) is 8.25. The molecule has 1 saturated heterocycles. The quantitative estimate of drug-likeness (QED) is 0.248. The summed E-state index contributed by atoms with van der Waals surface area (Å²) < 4.78 is 7.68. The third kappa shape index (κ3) is 5.23. The number of rotatable bonds is 8. The normalized spacial score (nSPS) is 14.0. The van der Waals surface area contributed by atoms with Gasteiger partial charge in [-0.1, -0.05) is 32.0 Å². The molecule has 0 saturated carbocycles. The van der Waals surface area contributed by atoms with Crippen molar-refractivity contribution < 1.29 is 9.53 Å². The van der Waals surface area contributed by atoms with Crippen molar-refractivity contribution >= 4 is 45.5 Å². The lowest BCUT2D eigenvalue weighted by atomic mass is 10.0. The topological polar surface area (TPSA) is 87.0 Å². The number of carbonyl (C=O) groups is 1. The van der Waals surface area contributed by atoms with E-state index in [9.17, 15) is 4.79 Å². The summed E-state index contributed by atoms with van der Waals surface area (Å²) in [7, 11) is 3.83. The largest absolute Gasteiger partial charge is 0.494 e. The number of carbonyl (C=O) groups excluding carboxylic acids is 1. The standard InChI is InChI=1S/C33H37N7O2/c1-5-22-8-7-9-23(6-2)30(22)36-32(41)26-14-15-40-28(26)13-10-24-21-34-33(37-31(24)40)35-27-12-11-25(20-29(27)42-4)39-18-16-38(3)17-19-39/h7-15,20-21H,5-6,16-19H2,1-4H3,(H,36,41)(H,34,35,37). The summed E-state index contributed by atoms with van der Waals surface area (Å²) in [5.74, 6) is 1.04. The molecule has 1 aliphatic heterocycles. The van der Waals surface area contributed by atoms with Crippen LogP contribution in [-0.2, 0) is 12.8 Å². The fourth-order valence-electron chi connectivity index (χ4n) is 5.66. The number of piperazine rings is 1. The van der Waals surface area contributed by atoms with Crippen LogP contribution in [0.15, 0.2) is 67.0 Å². The Labute approximate surface area is 246 Å². The van der Waals surface area contributed by atoms with Crippen LogP contribution in [0, 0.1) is 0 Å². The maximum absolute atomic E-state index is 13.5. The molecule has 42 heavy (non-hydrogen) atoms. The summed E-state index contributed by atoms with van der Waals surface area (Å²) in [5, 5.41) is 7.40. The highest BCUT2D eigenvalue weighted by molar-refractivity contribution is 6.10. The Balaban J connectivity index is 1.29. The van der Waals surface area contributed by atoms with E-state index < -0.39 is 0 Å². The summed E-state index contributed by atoms with van der Waals surface area (Å²) in [6.07, 6.45) is 5.38. The minimum absolute atomic E-state index is 0.134. The van der Waals surface area contributed by atoms with Gasteiger partial charge in [0.1, 0.15) is 11.4 Å². The van der Waals surface area contributed by atoms with Crippen LogP contribution in [0.1, 0.15) is 35.3 Å². The Morgan fingerprint density at radius 1 is 0.976 bits per heavy atom. The van der Waals surface area contributed by atoms with Gasteiger partial charge in [0.15, 0.2) is 0 Å². The first-order valence-electron chi connectivity index (χ1n) is 14.6. The molecule has 216 valence electrons. The fourth-order valence-corrected chi connectivity index (χ4v) is 5.66. The van der Waals surface area contributed by atoms with Crippen LogP contribution in [0.5, 0.6) is 5.75 Å².